The van der Waals surface area contributed by atoms with Crippen molar-refractivity contribution >= 4 is 59.4 Å². The van der Waals surface area contributed by atoms with Gasteiger partial charge in [-0.1, -0.05) is 23.9 Å². The van der Waals surface area contributed by atoms with Crippen LogP contribution in [-0.4, -0.2) is 78.4 Å². The van der Waals surface area contributed by atoms with Crippen LogP contribution < -0.4 is 16.4 Å². The first kappa shape index (κ1) is 26.2. The number of aliphatic carboxylic acids is 2. The SMILES string of the molecule is NC(C(=O)NC1C(=O)N2C(C(=O)O)=C(CSc3nnc(CC(=O)O)o3)CS[C@H]12)c1cccc(NC=O)c1. The van der Waals surface area contributed by atoms with Gasteiger partial charge in [-0.2, -0.15) is 0 Å². The third-order valence-electron chi connectivity index (χ3n) is 5.42. The number of benzene rings is 1. The van der Waals surface area contributed by atoms with E-state index in [1.165, 1.54) is 17.8 Å². The van der Waals surface area contributed by atoms with Gasteiger partial charge in [-0.15, -0.1) is 22.0 Å². The molecule has 3 heterocycles. The van der Waals surface area contributed by atoms with E-state index in [0.717, 1.165) is 16.7 Å². The van der Waals surface area contributed by atoms with E-state index in [2.05, 4.69) is 20.8 Å². The third kappa shape index (κ3) is 5.60. The highest BCUT2D eigenvalue weighted by Gasteiger charge is 2.54. The number of fused-ring (bicyclic) bond motifs is 1. The van der Waals surface area contributed by atoms with Gasteiger partial charge in [0.1, 0.15) is 29.6 Å². The van der Waals surface area contributed by atoms with Crippen LogP contribution in [0.5, 0.6) is 0 Å². The highest BCUT2D eigenvalue weighted by molar-refractivity contribution is 8.01. The van der Waals surface area contributed by atoms with Crippen molar-refractivity contribution in [1.29, 1.82) is 0 Å². The molecule has 2 aliphatic rings. The maximum Gasteiger partial charge on any atom is 0.352 e. The molecule has 14 nitrogen and oxygen atoms in total. The lowest BCUT2D eigenvalue weighted by molar-refractivity contribution is -0.150. The topological polar surface area (TPSA) is 218 Å². The molecule has 1 fully saturated rings. The molecule has 2 aliphatic heterocycles. The molecule has 0 spiro atoms. The van der Waals surface area contributed by atoms with Gasteiger partial charge in [0.15, 0.2) is 0 Å². The molecule has 16 heteroatoms. The zero-order valence-corrected chi connectivity index (χ0v) is 20.5. The van der Waals surface area contributed by atoms with Crippen molar-refractivity contribution in [2.75, 3.05) is 16.8 Å². The Morgan fingerprint density at radius 2 is 2.11 bits per heavy atom. The Hall–Kier alpha value is -3.89. The lowest BCUT2D eigenvalue weighted by Crippen LogP contribution is -2.71. The van der Waals surface area contributed by atoms with Gasteiger partial charge in [-0.3, -0.25) is 24.1 Å². The number of aromatic nitrogens is 2. The summed E-state index contributed by atoms with van der Waals surface area (Å²) in [5.41, 5.74) is 7.16. The number of carboxylic acids is 2. The van der Waals surface area contributed by atoms with Crippen molar-refractivity contribution in [3.63, 3.8) is 0 Å². The van der Waals surface area contributed by atoms with E-state index in [-0.39, 0.29) is 28.3 Å². The molecule has 1 aromatic heterocycles. The first-order valence-corrected chi connectivity index (χ1v) is 12.7. The number of anilines is 1. The van der Waals surface area contributed by atoms with Crippen LogP contribution in [0.4, 0.5) is 5.69 Å². The van der Waals surface area contributed by atoms with Gasteiger partial charge in [-0.05, 0) is 23.3 Å². The van der Waals surface area contributed by atoms with Gasteiger partial charge in [0.05, 0.1) is 0 Å². The van der Waals surface area contributed by atoms with Crippen LogP contribution in [0.1, 0.15) is 17.5 Å². The van der Waals surface area contributed by atoms with Gasteiger partial charge in [0.2, 0.25) is 18.2 Å². The Morgan fingerprint density at radius 1 is 1.32 bits per heavy atom. The van der Waals surface area contributed by atoms with Gasteiger partial charge in [-0.25, -0.2) is 4.79 Å². The molecular formula is C21H20N6O8S2. The fourth-order valence-corrected chi connectivity index (χ4v) is 5.99. The summed E-state index contributed by atoms with van der Waals surface area (Å²) in [6.07, 6.45) is 0.0555. The number of carbonyl (C=O) groups excluding carboxylic acids is 3. The summed E-state index contributed by atoms with van der Waals surface area (Å²) in [5, 5.41) is 30.5. The number of hydrogen-bond donors (Lipinski definition) is 5. The van der Waals surface area contributed by atoms with E-state index < -0.39 is 47.6 Å². The number of β-lactam (4-membered cyclic amide) rings is 1. The lowest BCUT2D eigenvalue weighted by Gasteiger charge is -2.49. The second-order valence-corrected chi connectivity index (χ2v) is 9.87. The zero-order valence-electron chi connectivity index (χ0n) is 18.8. The van der Waals surface area contributed by atoms with Crippen LogP contribution in [0.2, 0.25) is 0 Å². The summed E-state index contributed by atoms with van der Waals surface area (Å²) in [4.78, 5) is 60.2. The van der Waals surface area contributed by atoms with Gasteiger partial charge in [0.25, 0.3) is 11.1 Å². The van der Waals surface area contributed by atoms with Gasteiger partial charge in [0, 0.05) is 17.2 Å². The smallest absolute Gasteiger partial charge is 0.352 e. The highest BCUT2D eigenvalue weighted by atomic mass is 32.2. The quantitative estimate of drug-likeness (QED) is 0.140. The summed E-state index contributed by atoms with van der Waals surface area (Å²) in [6, 6.07) is 4.30. The Kier molecular flexibility index (Phi) is 7.80. The van der Waals surface area contributed by atoms with Crippen molar-refractivity contribution in [2.45, 2.75) is 29.1 Å². The number of amides is 3. The summed E-state index contributed by atoms with van der Waals surface area (Å²) in [7, 11) is 0. The average molecular weight is 549 g/mol. The summed E-state index contributed by atoms with van der Waals surface area (Å²) < 4.78 is 5.23. The third-order valence-corrected chi connectivity index (χ3v) is 7.67. The predicted octanol–water partition coefficient (Wildman–Crippen LogP) is -0.204. The van der Waals surface area contributed by atoms with E-state index in [9.17, 15) is 29.1 Å². The van der Waals surface area contributed by atoms with E-state index in [0.29, 0.717) is 23.2 Å². The Labute approximate surface area is 217 Å². The number of thioether (sulfide) groups is 2. The standard InChI is InChI=1S/C21H20N6O8S2/c22-14(9-2-1-3-11(4-9)23-8-28)17(31)24-15-18(32)27-16(20(33)34)10(6-36-19(15)27)7-37-21-26-25-12(35-21)5-13(29)30/h1-4,8,14-15,19H,5-7,22H2,(H,23,28)(H,24,31)(H,29,30)(H,33,34)/t14?,15?,19-/m1/s1. The minimum absolute atomic E-state index is 0.0714. The van der Waals surface area contributed by atoms with Crippen LogP contribution in [0, 0.1) is 0 Å². The number of carbonyl (C=O) groups is 5. The molecule has 2 aromatic rings. The highest BCUT2D eigenvalue weighted by Crippen LogP contribution is 2.41. The molecule has 0 radical (unpaired) electrons. The molecule has 37 heavy (non-hydrogen) atoms. The van der Waals surface area contributed by atoms with Crippen LogP contribution in [-0.2, 0) is 30.4 Å². The van der Waals surface area contributed by atoms with E-state index in [1.807, 2.05) is 0 Å². The molecule has 194 valence electrons. The molecule has 6 N–H and O–H groups in total. The largest absolute Gasteiger partial charge is 0.481 e. The summed E-state index contributed by atoms with van der Waals surface area (Å²) >= 11 is 2.31. The van der Waals surface area contributed by atoms with Crippen LogP contribution >= 0.6 is 23.5 Å². The van der Waals surface area contributed by atoms with Crippen molar-refractivity contribution < 1.29 is 38.6 Å². The average Bonchev–Trinajstić information content (AvgIpc) is 3.31. The van der Waals surface area contributed by atoms with Gasteiger partial charge < -0.3 is 31.0 Å². The molecule has 0 aliphatic carbocycles. The molecule has 3 atom stereocenters. The normalized spacial score (nSPS) is 19.5. The molecule has 0 bridgehead atoms. The van der Waals surface area contributed by atoms with Crippen molar-refractivity contribution in [3.05, 3.63) is 47.0 Å². The summed E-state index contributed by atoms with van der Waals surface area (Å²) in [6.45, 7) is 0. The Bertz CT molecular complexity index is 1300. The van der Waals surface area contributed by atoms with Crippen LogP contribution in [0.25, 0.3) is 0 Å². The molecular weight excluding hydrogens is 528 g/mol. The Balaban J connectivity index is 1.42. The van der Waals surface area contributed by atoms with Crippen molar-refractivity contribution in [1.82, 2.24) is 20.4 Å². The molecule has 3 amide bonds. The molecule has 4 rings (SSSR count). The fourth-order valence-electron chi connectivity index (χ4n) is 3.72. The second kappa shape index (κ2) is 11.0. The molecule has 2 unspecified atom stereocenters. The van der Waals surface area contributed by atoms with E-state index >= 15 is 0 Å². The number of nitrogens with two attached hydrogens (primary N) is 1. The second-order valence-electron chi connectivity index (χ2n) is 7.84. The maximum atomic E-state index is 12.9. The lowest BCUT2D eigenvalue weighted by atomic mass is 10.0. The maximum absolute atomic E-state index is 12.9. The minimum atomic E-state index is -1.30. The van der Waals surface area contributed by atoms with Crippen molar-refractivity contribution in [3.8, 4) is 0 Å². The number of carboxylic acid groups (broad SMARTS) is 2. The summed E-state index contributed by atoms with van der Waals surface area (Å²) in [5.74, 6) is -3.35. The van der Waals surface area contributed by atoms with Crippen LogP contribution in [0.3, 0.4) is 0 Å². The fraction of sp³-hybridized carbons (Fsp3) is 0.286. The molecule has 1 aromatic carbocycles. The monoisotopic (exact) mass is 548 g/mol. The predicted molar refractivity (Wildman–Crippen MR) is 129 cm³/mol. The van der Waals surface area contributed by atoms with E-state index in [4.69, 9.17) is 15.3 Å². The molecule has 1 saturated heterocycles. The molecule has 0 saturated carbocycles. The zero-order chi connectivity index (χ0) is 26.7. The minimum Gasteiger partial charge on any atom is -0.481 e. The first-order chi connectivity index (χ1) is 17.7. The van der Waals surface area contributed by atoms with E-state index in [1.54, 1.807) is 18.2 Å². The number of nitrogens with one attached hydrogen (secondary N) is 2. The first-order valence-electron chi connectivity index (χ1n) is 10.6. The van der Waals surface area contributed by atoms with Crippen LogP contribution in [0.15, 0.2) is 45.2 Å². The van der Waals surface area contributed by atoms with Gasteiger partial charge >= 0.3 is 11.9 Å². The Morgan fingerprint density at radius 3 is 2.81 bits per heavy atom. The van der Waals surface area contributed by atoms with Crippen molar-refractivity contribution in [2.24, 2.45) is 5.73 Å². The number of nitrogens with zero attached hydrogens (tertiary/aromatic N) is 3. The number of hydrogen-bond acceptors (Lipinski definition) is 11. The number of rotatable bonds is 11.